The largest absolute Gasteiger partial charge is 0.321 e. The Morgan fingerprint density at radius 2 is 2.06 bits per heavy atom. The molecule has 2 heteroatoms. The zero-order valence-electron chi connectivity index (χ0n) is 10.8. The van der Waals surface area contributed by atoms with Crippen molar-refractivity contribution in [1.82, 2.24) is 4.98 Å². The normalized spacial score (nSPS) is 10.1. The number of aromatic amines is 1. The van der Waals surface area contributed by atoms with Gasteiger partial charge in [0.05, 0.1) is 5.56 Å². The molecule has 92 valence electrons. The van der Waals surface area contributed by atoms with E-state index in [9.17, 15) is 4.79 Å². The van der Waals surface area contributed by atoms with E-state index in [2.05, 4.69) is 23.7 Å². The minimum absolute atomic E-state index is 0.0878. The van der Waals surface area contributed by atoms with Crippen LogP contribution < -0.4 is 5.56 Å². The van der Waals surface area contributed by atoms with Gasteiger partial charge < -0.3 is 4.98 Å². The summed E-state index contributed by atoms with van der Waals surface area (Å²) >= 11 is 0. The Hall–Kier alpha value is -2.01. The first-order valence-corrected chi connectivity index (χ1v) is 6.34. The Morgan fingerprint density at radius 1 is 1.28 bits per heavy atom. The second kappa shape index (κ2) is 5.55. The van der Waals surface area contributed by atoms with Gasteiger partial charge in [0.25, 0.3) is 5.56 Å². The molecule has 1 N–H and O–H groups in total. The SMILES string of the molecule is CCCCC#Cc1c(C)c2ccccc2[nH]c1=O. The van der Waals surface area contributed by atoms with E-state index >= 15 is 0 Å². The van der Waals surface area contributed by atoms with Gasteiger partial charge >= 0.3 is 0 Å². The molecule has 0 amide bonds. The number of rotatable bonds is 2. The van der Waals surface area contributed by atoms with Gasteiger partial charge in [0.15, 0.2) is 0 Å². The Kier molecular flexibility index (Phi) is 3.84. The summed E-state index contributed by atoms with van der Waals surface area (Å²) in [5.41, 5.74) is 2.36. The molecule has 0 atom stereocenters. The van der Waals surface area contributed by atoms with E-state index < -0.39 is 0 Å². The van der Waals surface area contributed by atoms with Crippen molar-refractivity contribution >= 4 is 10.9 Å². The molecule has 1 aromatic heterocycles. The van der Waals surface area contributed by atoms with Crippen LogP contribution in [0.2, 0.25) is 0 Å². The maximum atomic E-state index is 12.0. The highest BCUT2D eigenvalue weighted by Crippen LogP contribution is 2.16. The molecule has 0 spiro atoms. The van der Waals surface area contributed by atoms with Crippen molar-refractivity contribution in [2.24, 2.45) is 0 Å². The first kappa shape index (κ1) is 12.4. The lowest BCUT2D eigenvalue weighted by molar-refractivity contribution is 0.828. The highest BCUT2D eigenvalue weighted by atomic mass is 16.1. The molecule has 18 heavy (non-hydrogen) atoms. The molecule has 2 nitrogen and oxygen atoms in total. The van der Waals surface area contributed by atoms with Gasteiger partial charge in [0.2, 0.25) is 0 Å². The predicted octanol–water partition coefficient (Wildman–Crippen LogP) is 3.38. The quantitative estimate of drug-likeness (QED) is 0.632. The Balaban J connectivity index is 2.50. The fraction of sp³-hybridized carbons (Fsp3) is 0.312. The van der Waals surface area contributed by atoms with E-state index in [-0.39, 0.29) is 5.56 Å². The van der Waals surface area contributed by atoms with E-state index in [0.29, 0.717) is 5.56 Å². The van der Waals surface area contributed by atoms with Gasteiger partial charge in [0, 0.05) is 17.3 Å². The summed E-state index contributed by atoms with van der Waals surface area (Å²) in [6.07, 6.45) is 3.06. The molecule has 0 saturated carbocycles. The van der Waals surface area contributed by atoms with Crippen LogP contribution in [0.5, 0.6) is 0 Å². The number of H-pyrrole nitrogens is 1. The van der Waals surface area contributed by atoms with E-state index in [1.54, 1.807) is 0 Å². The fourth-order valence-corrected chi connectivity index (χ4v) is 1.98. The second-order valence-corrected chi connectivity index (χ2v) is 4.41. The fourth-order valence-electron chi connectivity index (χ4n) is 1.98. The van der Waals surface area contributed by atoms with Gasteiger partial charge in [-0.15, -0.1) is 0 Å². The van der Waals surface area contributed by atoms with Crippen molar-refractivity contribution in [2.45, 2.75) is 33.1 Å². The minimum atomic E-state index is -0.0878. The van der Waals surface area contributed by atoms with Gasteiger partial charge in [-0.05, 0) is 25.0 Å². The minimum Gasteiger partial charge on any atom is -0.321 e. The number of unbranched alkanes of at least 4 members (excludes halogenated alkanes) is 2. The Bertz CT molecular complexity index is 671. The maximum absolute atomic E-state index is 12.0. The summed E-state index contributed by atoms with van der Waals surface area (Å²) < 4.78 is 0. The molecule has 0 unspecified atom stereocenters. The average molecular weight is 239 g/mol. The second-order valence-electron chi connectivity index (χ2n) is 4.41. The molecular formula is C16H17NO. The third-order valence-electron chi connectivity index (χ3n) is 3.05. The summed E-state index contributed by atoms with van der Waals surface area (Å²) in [6, 6.07) is 7.82. The number of hydrogen-bond acceptors (Lipinski definition) is 1. The van der Waals surface area contributed by atoms with Crippen LogP contribution in [-0.2, 0) is 0 Å². The number of hydrogen-bond donors (Lipinski definition) is 1. The zero-order chi connectivity index (χ0) is 13.0. The molecule has 0 aliphatic rings. The highest BCUT2D eigenvalue weighted by molar-refractivity contribution is 5.83. The van der Waals surface area contributed by atoms with Gasteiger partial charge in [-0.2, -0.15) is 0 Å². The van der Waals surface area contributed by atoms with Crippen molar-refractivity contribution in [3.05, 3.63) is 45.7 Å². The van der Waals surface area contributed by atoms with Gasteiger partial charge in [-0.25, -0.2) is 0 Å². The zero-order valence-corrected chi connectivity index (χ0v) is 10.8. The van der Waals surface area contributed by atoms with E-state index in [0.717, 1.165) is 35.7 Å². The summed E-state index contributed by atoms with van der Waals surface area (Å²) in [7, 11) is 0. The molecule has 1 heterocycles. The van der Waals surface area contributed by atoms with Gasteiger partial charge in [0.1, 0.15) is 0 Å². The summed E-state index contributed by atoms with van der Waals surface area (Å²) in [4.78, 5) is 14.8. The average Bonchev–Trinajstić information content (AvgIpc) is 2.38. The topological polar surface area (TPSA) is 32.9 Å². The van der Waals surface area contributed by atoms with Crippen LogP contribution in [0.3, 0.4) is 0 Å². The number of nitrogens with one attached hydrogen (secondary N) is 1. The third kappa shape index (κ3) is 2.46. The summed E-state index contributed by atoms with van der Waals surface area (Å²) in [6.45, 7) is 4.09. The molecule has 0 aliphatic carbocycles. The van der Waals surface area contributed by atoms with Crippen LogP contribution in [0, 0.1) is 18.8 Å². The molecule has 2 aromatic rings. The van der Waals surface area contributed by atoms with Crippen LogP contribution >= 0.6 is 0 Å². The summed E-state index contributed by atoms with van der Waals surface area (Å²) in [5.74, 6) is 6.09. The van der Waals surface area contributed by atoms with Crippen LogP contribution in [0.4, 0.5) is 0 Å². The highest BCUT2D eigenvalue weighted by Gasteiger charge is 2.05. The molecule has 0 fully saturated rings. The van der Waals surface area contributed by atoms with Crippen molar-refractivity contribution in [2.75, 3.05) is 0 Å². The van der Waals surface area contributed by atoms with Crippen LogP contribution in [-0.4, -0.2) is 4.98 Å². The van der Waals surface area contributed by atoms with Gasteiger partial charge in [-0.3, -0.25) is 4.79 Å². The van der Waals surface area contributed by atoms with Crippen molar-refractivity contribution in [3.8, 4) is 11.8 Å². The summed E-state index contributed by atoms with van der Waals surface area (Å²) in [5, 5.41) is 1.07. The molecule has 0 aliphatic heterocycles. The molecule has 0 radical (unpaired) electrons. The van der Waals surface area contributed by atoms with Crippen molar-refractivity contribution in [1.29, 1.82) is 0 Å². The maximum Gasteiger partial charge on any atom is 0.264 e. The monoisotopic (exact) mass is 239 g/mol. The van der Waals surface area contributed by atoms with Crippen LogP contribution in [0.1, 0.15) is 37.3 Å². The molecule has 0 bridgehead atoms. The molecule has 1 aromatic carbocycles. The van der Waals surface area contributed by atoms with Crippen LogP contribution in [0.15, 0.2) is 29.1 Å². The lowest BCUT2D eigenvalue weighted by atomic mass is 10.0. The molecule has 0 saturated heterocycles. The number of benzene rings is 1. The Labute approximate surface area is 107 Å². The number of aryl methyl sites for hydroxylation is 1. The van der Waals surface area contributed by atoms with E-state index in [1.165, 1.54) is 0 Å². The van der Waals surface area contributed by atoms with E-state index in [4.69, 9.17) is 0 Å². The number of pyridine rings is 1. The predicted molar refractivity (Wildman–Crippen MR) is 75.7 cm³/mol. The first-order valence-electron chi connectivity index (χ1n) is 6.34. The number of aromatic nitrogens is 1. The molecular weight excluding hydrogens is 222 g/mol. The Morgan fingerprint density at radius 3 is 2.83 bits per heavy atom. The number of para-hydroxylation sites is 1. The lowest BCUT2D eigenvalue weighted by Crippen LogP contribution is -2.12. The van der Waals surface area contributed by atoms with Crippen molar-refractivity contribution in [3.63, 3.8) is 0 Å². The molecule has 2 rings (SSSR count). The third-order valence-corrected chi connectivity index (χ3v) is 3.05. The lowest BCUT2D eigenvalue weighted by Gasteiger charge is -2.03. The smallest absolute Gasteiger partial charge is 0.264 e. The number of fused-ring (bicyclic) bond motifs is 1. The first-order chi connectivity index (χ1) is 8.74. The van der Waals surface area contributed by atoms with E-state index in [1.807, 2.05) is 31.2 Å². The standard InChI is InChI=1S/C16H17NO/c1-3-4-5-6-10-14-12(2)13-9-7-8-11-15(13)17-16(14)18/h7-9,11H,3-5H2,1-2H3,(H,17,18). The van der Waals surface area contributed by atoms with Crippen molar-refractivity contribution < 1.29 is 0 Å². The van der Waals surface area contributed by atoms with Crippen LogP contribution in [0.25, 0.3) is 10.9 Å². The van der Waals surface area contributed by atoms with Gasteiger partial charge in [-0.1, -0.05) is 43.4 Å².